The van der Waals surface area contributed by atoms with E-state index in [0.29, 0.717) is 17.7 Å². The van der Waals surface area contributed by atoms with E-state index in [4.69, 9.17) is 0 Å². The molecule has 0 fully saturated rings. The minimum absolute atomic E-state index is 0.0600. The molecule has 17 heteroatoms. The van der Waals surface area contributed by atoms with Crippen LogP contribution in [0.15, 0.2) is 48.5 Å². The Labute approximate surface area is 256 Å². The zero-order chi connectivity index (χ0) is 34.6. The van der Waals surface area contributed by atoms with Gasteiger partial charge in [-0.05, 0) is 30.2 Å². The van der Waals surface area contributed by atoms with Crippen molar-refractivity contribution in [2.75, 3.05) is 0 Å². The second-order valence-electron chi connectivity index (χ2n) is 9.77. The van der Waals surface area contributed by atoms with Crippen LogP contribution in [0.25, 0.3) is 22.2 Å². The van der Waals surface area contributed by atoms with Gasteiger partial charge in [0.05, 0.1) is 16.7 Å². The summed E-state index contributed by atoms with van der Waals surface area (Å²) in [6, 6.07) is 13.8. The van der Waals surface area contributed by atoms with Gasteiger partial charge < -0.3 is 0 Å². The maximum atomic E-state index is 15.1. The molecule has 0 N–H and O–H groups in total. The average molecular weight is 654 g/mol. The number of benzene rings is 2. The molecule has 0 saturated carbocycles. The van der Waals surface area contributed by atoms with Crippen LogP contribution in [-0.2, 0) is 18.5 Å². The fourth-order valence-corrected chi connectivity index (χ4v) is 5.11. The number of hydrogen-bond acceptors (Lipinski definition) is 6. The van der Waals surface area contributed by atoms with Crippen molar-refractivity contribution in [2.45, 2.75) is 25.5 Å². The average Bonchev–Trinajstić information content (AvgIpc) is 3.54. The van der Waals surface area contributed by atoms with Gasteiger partial charge in [-0.2, -0.15) is 60.6 Å². The Morgan fingerprint density at radius 2 is 1.04 bits per heavy atom. The van der Waals surface area contributed by atoms with Crippen molar-refractivity contribution in [3.63, 3.8) is 0 Å². The van der Waals surface area contributed by atoms with Crippen molar-refractivity contribution in [2.24, 2.45) is 0 Å². The summed E-state index contributed by atoms with van der Waals surface area (Å²) < 4.78 is 130. The van der Waals surface area contributed by atoms with Gasteiger partial charge in [0.25, 0.3) is 0 Å². The molecular weight excluding hydrogens is 643 g/mol. The summed E-state index contributed by atoms with van der Waals surface area (Å²) in [4.78, 5) is 7.30. The summed E-state index contributed by atoms with van der Waals surface area (Å²) in [6.07, 6.45) is -16.3. The number of rotatable bonds is 2. The van der Waals surface area contributed by atoms with Crippen molar-refractivity contribution in [1.82, 2.24) is 18.8 Å². The SMILES string of the molecule is Cc1cccc(/C(C#N)=c2\nc(C#N)n3c(C(F)(F)F)c4/c(=C(\C#N)c5cccc(C(F)(F)F)c5)nc(C#N)n4c(C(F)(F)F)c23)c1. The summed E-state index contributed by atoms with van der Waals surface area (Å²) in [5, 5.41) is 37.4. The van der Waals surface area contributed by atoms with Crippen molar-refractivity contribution in [1.29, 1.82) is 21.0 Å². The number of nitrogens with zero attached hydrogens (tertiary/aromatic N) is 8. The van der Waals surface area contributed by atoms with E-state index >= 15 is 26.3 Å². The summed E-state index contributed by atoms with van der Waals surface area (Å²) in [7, 11) is 0. The molecule has 3 heterocycles. The van der Waals surface area contributed by atoms with E-state index in [9.17, 15) is 34.2 Å². The van der Waals surface area contributed by atoms with E-state index < -0.39 is 85.6 Å². The lowest BCUT2D eigenvalue weighted by molar-refractivity contribution is -0.145. The van der Waals surface area contributed by atoms with Crippen molar-refractivity contribution >= 4 is 22.2 Å². The topological polar surface area (TPSA) is 130 Å². The fourth-order valence-electron chi connectivity index (χ4n) is 5.11. The molecule has 2 aromatic carbocycles. The van der Waals surface area contributed by atoms with E-state index in [-0.39, 0.29) is 14.4 Å². The van der Waals surface area contributed by atoms with Gasteiger partial charge in [-0.3, -0.25) is 8.80 Å². The molecular formula is C30H11F9N8. The largest absolute Gasteiger partial charge is 0.434 e. The molecule has 5 aromatic rings. The van der Waals surface area contributed by atoms with E-state index in [1.54, 1.807) is 19.1 Å². The maximum Gasteiger partial charge on any atom is 0.434 e. The fraction of sp³-hybridized carbons (Fsp3) is 0.133. The van der Waals surface area contributed by atoms with Crippen LogP contribution >= 0.6 is 0 Å². The van der Waals surface area contributed by atoms with E-state index in [2.05, 4.69) is 9.97 Å². The molecule has 234 valence electrons. The van der Waals surface area contributed by atoms with E-state index in [1.165, 1.54) is 36.4 Å². The molecule has 0 aliphatic rings. The Kier molecular flexibility index (Phi) is 7.46. The Hall–Kier alpha value is -6.33. The molecule has 47 heavy (non-hydrogen) atoms. The Morgan fingerprint density at radius 3 is 1.40 bits per heavy atom. The zero-order valence-corrected chi connectivity index (χ0v) is 23.1. The van der Waals surface area contributed by atoms with Gasteiger partial charge in [-0.25, -0.2) is 9.97 Å². The molecule has 0 bridgehead atoms. The van der Waals surface area contributed by atoms with Gasteiger partial charge in [0.2, 0.25) is 11.6 Å². The molecule has 0 spiro atoms. The molecule has 3 aromatic heterocycles. The summed E-state index contributed by atoms with van der Waals surface area (Å²) >= 11 is 0. The molecule has 0 radical (unpaired) electrons. The van der Waals surface area contributed by atoms with Gasteiger partial charge in [-0.1, -0.05) is 42.0 Å². The number of hydrogen-bond donors (Lipinski definition) is 0. The zero-order valence-electron chi connectivity index (χ0n) is 23.1. The van der Waals surface area contributed by atoms with Gasteiger partial charge in [-0.15, -0.1) is 0 Å². The highest BCUT2D eigenvalue weighted by molar-refractivity contribution is 5.84. The molecule has 0 aliphatic carbocycles. The summed E-state index contributed by atoms with van der Waals surface area (Å²) in [6.45, 7) is 1.57. The lowest BCUT2D eigenvalue weighted by Gasteiger charge is -2.18. The van der Waals surface area contributed by atoms with Gasteiger partial charge >= 0.3 is 18.5 Å². The number of halogens is 9. The molecule has 0 unspecified atom stereocenters. The van der Waals surface area contributed by atoms with E-state index in [0.717, 1.165) is 12.1 Å². The predicted octanol–water partition coefficient (Wildman–Crippen LogP) is 5.54. The Balaban J connectivity index is 2.22. The summed E-state index contributed by atoms with van der Waals surface area (Å²) in [5.74, 6) is -2.60. The van der Waals surface area contributed by atoms with Crippen molar-refractivity contribution in [3.8, 4) is 24.3 Å². The number of fused-ring (bicyclic) bond motifs is 2. The number of nitriles is 4. The smallest absolute Gasteiger partial charge is 0.275 e. The molecule has 8 nitrogen and oxygen atoms in total. The van der Waals surface area contributed by atoms with Gasteiger partial charge in [0.1, 0.15) is 46.0 Å². The van der Waals surface area contributed by atoms with Crippen molar-refractivity contribution < 1.29 is 39.5 Å². The quantitative estimate of drug-likeness (QED) is 0.230. The van der Waals surface area contributed by atoms with Crippen LogP contribution in [0.2, 0.25) is 0 Å². The predicted molar refractivity (Wildman–Crippen MR) is 141 cm³/mol. The first-order chi connectivity index (χ1) is 22.0. The molecule has 0 amide bonds. The molecule has 0 saturated heterocycles. The van der Waals surface area contributed by atoms with Crippen LogP contribution in [0.5, 0.6) is 0 Å². The third-order valence-electron chi connectivity index (χ3n) is 6.87. The molecule has 5 rings (SSSR count). The number of alkyl halides is 9. The summed E-state index contributed by atoms with van der Waals surface area (Å²) in [5.41, 5.74) is -10.4. The number of aromatic nitrogens is 4. The highest BCUT2D eigenvalue weighted by atomic mass is 19.4. The van der Waals surface area contributed by atoms with Crippen LogP contribution in [0.1, 0.15) is 45.3 Å². The third kappa shape index (κ3) is 5.24. The standard InChI is InChI=1S/C30H11F9N8/c1-14-4-2-5-15(8-14)18(10-40)22-24-26(29(34,35)36)47-21(13-43)45-23(19(11-41)16-6-3-7-17(9-16)28(31,32)33)25(47)27(30(37,38)39)46(24)20(12-42)44-22/h2-9H,1H3/b22-18-,23-19-. The first-order valence-corrected chi connectivity index (χ1v) is 12.7. The van der Waals surface area contributed by atoms with Crippen LogP contribution in [0, 0.1) is 52.2 Å². The highest BCUT2D eigenvalue weighted by Crippen LogP contribution is 2.39. The lowest BCUT2D eigenvalue weighted by Crippen LogP contribution is -2.26. The molecule has 0 aliphatic heterocycles. The van der Waals surface area contributed by atoms with Crippen LogP contribution in [0.3, 0.4) is 0 Å². The highest BCUT2D eigenvalue weighted by Gasteiger charge is 2.46. The normalized spacial score (nSPS) is 13.5. The monoisotopic (exact) mass is 654 g/mol. The Bertz CT molecular complexity index is 2430. The lowest BCUT2D eigenvalue weighted by atomic mass is 10.0. The van der Waals surface area contributed by atoms with E-state index in [1.807, 2.05) is 0 Å². The Morgan fingerprint density at radius 1 is 0.617 bits per heavy atom. The maximum absolute atomic E-state index is 15.1. The first kappa shape index (κ1) is 32.1. The molecule has 0 atom stereocenters. The minimum atomic E-state index is -5.68. The van der Waals surface area contributed by atoms with Gasteiger partial charge in [0, 0.05) is 0 Å². The van der Waals surface area contributed by atoms with Crippen LogP contribution in [0.4, 0.5) is 39.5 Å². The number of aryl methyl sites for hydroxylation is 1. The first-order valence-electron chi connectivity index (χ1n) is 12.7. The third-order valence-corrected chi connectivity index (χ3v) is 6.87. The van der Waals surface area contributed by atoms with Crippen molar-refractivity contribution in [3.05, 3.63) is 105 Å². The second kappa shape index (κ2) is 10.9. The minimum Gasteiger partial charge on any atom is -0.275 e. The number of imidazole rings is 2. The van der Waals surface area contributed by atoms with Gasteiger partial charge in [0.15, 0.2) is 11.4 Å². The van der Waals surface area contributed by atoms with Crippen LogP contribution < -0.4 is 10.7 Å². The van der Waals surface area contributed by atoms with Crippen LogP contribution in [-0.4, -0.2) is 18.8 Å². The second-order valence-corrected chi connectivity index (χ2v) is 9.77.